The number of halogens is 1. The number of hydrogen-bond acceptors (Lipinski definition) is 4. The van der Waals surface area contributed by atoms with Crippen LogP contribution in [0.2, 0.25) is 0 Å². The molecule has 4 nitrogen and oxygen atoms in total. The molecule has 0 amide bonds. The first-order chi connectivity index (χ1) is 8.75. The Balaban J connectivity index is 1.68. The Kier molecular flexibility index (Phi) is 4.92. The van der Waals surface area contributed by atoms with Crippen molar-refractivity contribution in [3.63, 3.8) is 0 Å². The van der Waals surface area contributed by atoms with Crippen molar-refractivity contribution < 1.29 is 19.0 Å². The predicted octanol–water partition coefficient (Wildman–Crippen LogP) is 0.944. The Morgan fingerprint density at radius 2 is 2.33 bits per heavy atom. The van der Waals surface area contributed by atoms with Gasteiger partial charge in [-0.25, -0.2) is 4.39 Å². The highest BCUT2D eigenvalue weighted by Gasteiger charge is 2.16. The van der Waals surface area contributed by atoms with Crippen molar-refractivity contribution in [2.24, 2.45) is 0 Å². The summed E-state index contributed by atoms with van der Waals surface area (Å²) in [4.78, 5) is 0. The molecule has 2 N–H and O–H groups in total. The van der Waals surface area contributed by atoms with E-state index in [2.05, 4.69) is 5.32 Å². The van der Waals surface area contributed by atoms with Crippen LogP contribution >= 0.6 is 0 Å². The summed E-state index contributed by atoms with van der Waals surface area (Å²) < 4.78 is 23.7. The average molecular weight is 255 g/mol. The molecule has 1 saturated heterocycles. The highest BCUT2D eigenvalue weighted by Crippen LogP contribution is 2.15. The van der Waals surface area contributed by atoms with Crippen LogP contribution in [-0.4, -0.2) is 43.6 Å². The Morgan fingerprint density at radius 3 is 3.06 bits per heavy atom. The zero-order chi connectivity index (χ0) is 12.8. The van der Waals surface area contributed by atoms with Crippen LogP contribution in [0.15, 0.2) is 24.3 Å². The predicted molar refractivity (Wildman–Crippen MR) is 65.1 cm³/mol. The minimum absolute atomic E-state index is 0.0709. The summed E-state index contributed by atoms with van der Waals surface area (Å²) in [5, 5.41) is 12.9. The van der Waals surface area contributed by atoms with Gasteiger partial charge in [-0.2, -0.15) is 0 Å². The molecule has 2 atom stereocenters. The number of ether oxygens (including phenoxy) is 2. The SMILES string of the molecule is OC(CNC1CCOC1)COc1ccccc1F. The normalized spacial score (nSPS) is 20.9. The van der Waals surface area contributed by atoms with Gasteiger partial charge in [0.05, 0.1) is 6.61 Å². The molecule has 0 spiro atoms. The van der Waals surface area contributed by atoms with Gasteiger partial charge in [-0.15, -0.1) is 0 Å². The number of para-hydroxylation sites is 1. The van der Waals surface area contributed by atoms with Crippen molar-refractivity contribution in [2.75, 3.05) is 26.4 Å². The standard InChI is InChI=1S/C13H18FNO3/c14-12-3-1-2-4-13(12)18-9-11(16)7-15-10-5-6-17-8-10/h1-4,10-11,15-16H,5-9H2. The molecule has 0 bridgehead atoms. The van der Waals surface area contributed by atoms with E-state index < -0.39 is 11.9 Å². The third-order valence-corrected chi connectivity index (χ3v) is 2.84. The summed E-state index contributed by atoms with van der Waals surface area (Å²) in [6.07, 6.45) is 0.297. The van der Waals surface area contributed by atoms with Crippen LogP contribution in [0.5, 0.6) is 5.75 Å². The van der Waals surface area contributed by atoms with Crippen molar-refractivity contribution in [1.29, 1.82) is 0 Å². The molecule has 0 radical (unpaired) electrons. The average Bonchev–Trinajstić information content (AvgIpc) is 2.88. The van der Waals surface area contributed by atoms with Crippen molar-refractivity contribution >= 4 is 0 Å². The molecular weight excluding hydrogens is 237 g/mol. The number of benzene rings is 1. The zero-order valence-electron chi connectivity index (χ0n) is 10.1. The molecule has 0 aromatic heterocycles. The minimum atomic E-state index is -0.662. The molecule has 1 fully saturated rings. The summed E-state index contributed by atoms with van der Waals surface area (Å²) in [6.45, 7) is 1.93. The number of aliphatic hydroxyl groups is 1. The van der Waals surface area contributed by atoms with Crippen LogP contribution in [0.3, 0.4) is 0 Å². The first-order valence-electron chi connectivity index (χ1n) is 6.12. The third-order valence-electron chi connectivity index (χ3n) is 2.84. The number of hydrogen-bond donors (Lipinski definition) is 2. The molecule has 1 aliphatic rings. The lowest BCUT2D eigenvalue weighted by Crippen LogP contribution is -2.38. The van der Waals surface area contributed by atoms with Gasteiger partial charge >= 0.3 is 0 Å². The van der Waals surface area contributed by atoms with Crippen molar-refractivity contribution in [2.45, 2.75) is 18.6 Å². The van der Waals surface area contributed by atoms with Crippen LogP contribution in [0, 0.1) is 5.82 Å². The fourth-order valence-corrected chi connectivity index (χ4v) is 1.80. The van der Waals surface area contributed by atoms with Gasteiger partial charge in [0.1, 0.15) is 12.7 Å². The molecule has 1 aliphatic heterocycles. The number of rotatable bonds is 6. The maximum Gasteiger partial charge on any atom is 0.165 e. The molecule has 2 rings (SSSR count). The topological polar surface area (TPSA) is 50.7 Å². The Labute approximate surface area is 106 Å². The second kappa shape index (κ2) is 6.68. The van der Waals surface area contributed by atoms with E-state index in [0.717, 1.165) is 13.0 Å². The van der Waals surface area contributed by atoms with E-state index in [-0.39, 0.29) is 12.4 Å². The lowest BCUT2D eigenvalue weighted by Gasteiger charge is -2.16. The molecule has 1 heterocycles. The van der Waals surface area contributed by atoms with Gasteiger partial charge in [-0.05, 0) is 18.6 Å². The van der Waals surface area contributed by atoms with Gasteiger partial charge in [-0.3, -0.25) is 0 Å². The number of nitrogens with one attached hydrogen (secondary N) is 1. The van der Waals surface area contributed by atoms with Gasteiger partial charge in [0.2, 0.25) is 0 Å². The summed E-state index contributed by atoms with van der Waals surface area (Å²) in [7, 11) is 0. The van der Waals surface area contributed by atoms with E-state index in [1.807, 2.05) is 0 Å². The van der Waals surface area contributed by atoms with E-state index in [1.54, 1.807) is 18.2 Å². The summed E-state index contributed by atoms with van der Waals surface area (Å²) in [6, 6.07) is 6.46. The van der Waals surface area contributed by atoms with Gasteiger partial charge in [0.25, 0.3) is 0 Å². The Morgan fingerprint density at radius 1 is 1.50 bits per heavy atom. The van der Waals surface area contributed by atoms with Crippen molar-refractivity contribution in [3.8, 4) is 5.75 Å². The molecule has 1 aromatic rings. The van der Waals surface area contributed by atoms with Gasteiger partial charge in [-0.1, -0.05) is 12.1 Å². The van der Waals surface area contributed by atoms with E-state index >= 15 is 0 Å². The first kappa shape index (κ1) is 13.3. The monoisotopic (exact) mass is 255 g/mol. The lowest BCUT2D eigenvalue weighted by atomic mass is 10.2. The molecule has 0 saturated carbocycles. The van der Waals surface area contributed by atoms with E-state index in [4.69, 9.17) is 9.47 Å². The van der Waals surface area contributed by atoms with E-state index in [1.165, 1.54) is 6.07 Å². The van der Waals surface area contributed by atoms with Gasteiger partial charge in [0, 0.05) is 19.2 Å². The Hall–Kier alpha value is -1.17. The van der Waals surface area contributed by atoms with E-state index in [9.17, 15) is 9.50 Å². The quantitative estimate of drug-likeness (QED) is 0.794. The van der Waals surface area contributed by atoms with E-state index in [0.29, 0.717) is 19.2 Å². The maximum atomic E-state index is 13.2. The second-order valence-electron chi connectivity index (χ2n) is 4.36. The smallest absolute Gasteiger partial charge is 0.165 e. The van der Waals surface area contributed by atoms with Crippen LogP contribution in [0.1, 0.15) is 6.42 Å². The molecule has 100 valence electrons. The number of aliphatic hydroxyl groups excluding tert-OH is 1. The summed E-state index contributed by atoms with van der Waals surface area (Å²) in [5.74, 6) is -0.248. The summed E-state index contributed by atoms with van der Waals surface area (Å²) >= 11 is 0. The Bertz CT molecular complexity index is 369. The van der Waals surface area contributed by atoms with Crippen LogP contribution in [0.4, 0.5) is 4.39 Å². The molecule has 2 unspecified atom stereocenters. The molecule has 18 heavy (non-hydrogen) atoms. The zero-order valence-corrected chi connectivity index (χ0v) is 10.1. The van der Waals surface area contributed by atoms with Crippen LogP contribution in [-0.2, 0) is 4.74 Å². The van der Waals surface area contributed by atoms with Gasteiger partial charge < -0.3 is 19.9 Å². The molecule has 1 aromatic carbocycles. The lowest BCUT2D eigenvalue weighted by molar-refractivity contribution is 0.100. The summed E-state index contributed by atoms with van der Waals surface area (Å²) in [5.41, 5.74) is 0. The van der Waals surface area contributed by atoms with Crippen LogP contribution in [0.25, 0.3) is 0 Å². The van der Waals surface area contributed by atoms with Gasteiger partial charge in [0.15, 0.2) is 11.6 Å². The van der Waals surface area contributed by atoms with Crippen LogP contribution < -0.4 is 10.1 Å². The molecule has 5 heteroatoms. The molecule has 0 aliphatic carbocycles. The first-order valence-corrected chi connectivity index (χ1v) is 6.12. The maximum absolute atomic E-state index is 13.2. The fraction of sp³-hybridized carbons (Fsp3) is 0.538. The minimum Gasteiger partial charge on any atom is -0.488 e. The van der Waals surface area contributed by atoms with Crippen molar-refractivity contribution in [1.82, 2.24) is 5.32 Å². The fourth-order valence-electron chi connectivity index (χ4n) is 1.80. The third kappa shape index (κ3) is 3.94. The second-order valence-corrected chi connectivity index (χ2v) is 4.36. The highest BCUT2D eigenvalue weighted by molar-refractivity contribution is 5.23. The van der Waals surface area contributed by atoms with Crippen molar-refractivity contribution in [3.05, 3.63) is 30.1 Å². The highest BCUT2D eigenvalue weighted by atomic mass is 19.1. The largest absolute Gasteiger partial charge is 0.488 e. The molecular formula is C13H18FNO3.